The monoisotopic (exact) mass is 412 g/mol. The van der Waals surface area contributed by atoms with Crippen LogP contribution in [0.15, 0.2) is 40.9 Å². The molecule has 3 aliphatic heterocycles. The molecule has 152 valence electrons. The molecule has 3 aliphatic rings. The first-order chi connectivity index (χ1) is 14.2. The standard InChI is InChI=1S/C21H24N4O3S/c22-14-17(19(26)24-10-12-28-13-11-24)21-25(16-6-2-1-3-7-16)20(27)18(29-21)15-23-8-4-5-9-23/h1-3,6-7,18H,4-5,8-13,15H2/b21-17-. The van der Waals surface area contributed by atoms with Crippen molar-refractivity contribution in [3.05, 3.63) is 40.9 Å². The van der Waals surface area contributed by atoms with Crippen molar-refractivity contribution in [2.45, 2.75) is 18.1 Å². The summed E-state index contributed by atoms with van der Waals surface area (Å²) >= 11 is 1.35. The molecule has 1 aromatic rings. The molecule has 7 nitrogen and oxygen atoms in total. The zero-order chi connectivity index (χ0) is 20.2. The molecule has 0 bridgehead atoms. The number of amides is 2. The Balaban J connectivity index is 1.68. The number of morpholine rings is 1. The maximum absolute atomic E-state index is 13.3. The smallest absolute Gasteiger partial charge is 0.267 e. The number of thioether (sulfide) groups is 1. The topological polar surface area (TPSA) is 76.9 Å². The van der Waals surface area contributed by atoms with Crippen molar-refractivity contribution in [3.63, 3.8) is 0 Å². The molecule has 0 aliphatic carbocycles. The molecule has 0 aromatic heterocycles. The van der Waals surface area contributed by atoms with Crippen LogP contribution in [-0.2, 0) is 14.3 Å². The minimum atomic E-state index is -0.325. The van der Waals surface area contributed by atoms with Crippen molar-refractivity contribution in [2.75, 3.05) is 50.8 Å². The Morgan fingerprint density at radius 3 is 2.48 bits per heavy atom. The quantitative estimate of drug-likeness (QED) is 0.555. The average Bonchev–Trinajstić information content (AvgIpc) is 3.38. The zero-order valence-electron chi connectivity index (χ0n) is 16.2. The minimum absolute atomic E-state index is 0.0398. The third-order valence-electron chi connectivity index (χ3n) is 5.43. The molecule has 29 heavy (non-hydrogen) atoms. The molecule has 8 heteroatoms. The van der Waals surface area contributed by atoms with E-state index >= 15 is 0 Å². The largest absolute Gasteiger partial charge is 0.378 e. The summed E-state index contributed by atoms with van der Waals surface area (Å²) in [7, 11) is 0. The number of para-hydroxylation sites is 1. The van der Waals surface area contributed by atoms with Crippen LogP contribution in [0.5, 0.6) is 0 Å². The number of anilines is 1. The Kier molecular flexibility index (Phi) is 6.19. The lowest BCUT2D eigenvalue weighted by atomic mass is 10.2. The molecule has 3 fully saturated rings. The normalized spacial score (nSPS) is 24.7. The van der Waals surface area contributed by atoms with E-state index in [4.69, 9.17) is 4.74 Å². The first-order valence-corrected chi connectivity index (χ1v) is 10.9. The first kappa shape index (κ1) is 20.0. The molecule has 3 heterocycles. The Hall–Kier alpha value is -2.34. The van der Waals surface area contributed by atoms with Gasteiger partial charge in [0.05, 0.1) is 13.2 Å². The molecular weight excluding hydrogens is 388 g/mol. The van der Waals surface area contributed by atoms with Gasteiger partial charge in [0.25, 0.3) is 5.91 Å². The SMILES string of the molecule is N#C/C(C(=O)N1CCOCC1)=C1/SC(CN2CCCC2)C(=O)N1c1ccccc1. The van der Waals surface area contributed by atoms with Crippen molar-refractivity contribution in [2.24, 2.45) is 0 Å². The van der Waals surface area contributed by atoms with E-state index in [1.54, 1.807) is 9.80 Å². The van der Waals surface area contributed by atoms with Crippen molar-refractivity contribution < 1.29 is 14.3 Å². The van der Waals surface area contributed by atoms with Gasteiger partial charge in [0.15, 0.2) is 0 Å². The fourth-order valence-corrected chi connectivity index (χ4v) is 5.21. The maximum Gasteiger partial charge on any atom is 0.267 e. The van der Waals surface area contributed by atoms with E-state index in [1.165, 1.54) is 11.8 Å². The van der Waals surface area contributed by atoms with E-state index in [0.29, 0.717) is 43.6 Å². The average molecular weight is 413 g/mol. The first-order valence-electron chi connectivity index (χ1n) is 9.98. The van der Waals surface area contributed by atoms with Crippen molar-refractivity contribution in [1.29, 1.82) is 5.26 Å². The Morgan fingerprint density at radius 1 is 1.14 bits per heavy atom. The molecule has 0 spiro atoms. The van der Waals surface area contributed by atoms with Gasteiger partial charge in [-0.3, -0.25) is 14.5 Å². The van der Waals surface area contributed by atoms with Crippen molar-refractivity contribution >= 4 is 29.3 Å². The zero-order valence-corrected chi connectivity index (χ0v) is 17.1. The summed E-state index contributed by atoms with van der Waals surface area (Å²) in [5.74, 6) is -0.389. The third-order valence-corrected chi connectivity index (χ3v) is 6.67. The van der Waals surface area contributed by atoms with Gasteiger partial charge in [0.2, 0.25) is 5.91 Å². The van der Waals surface area contributed by atoms with Gasteiger partial charge in [0, 0.05) is 25.3 Å². The lowest BCUT2D eigenvalue weighted by Gasteiger charge is -2.27. The Labute approximate surface area is 174 Å². The van der Waals surface area contributed by atoms with Gasteiger partial charge >= 0.3 is 0 Å². The van der Waals surface area contributed by atoms with Gasteiger partial charge in [0.1, 0.15) is 21.9 Å². The Morgan fingerprint density at radius 2 is 1.83 bits per heavy atom. The molecule has 0 N–H and O–H groups in total. The summed E-state index contributed by atoms with van der Waals surface area (Å²) in [6.45, 7) is 4.47. The summed E-state index contributed by atoms with van der Waals surface area (Å²) in [6, 6.07) is 11.4. The molecule has 1 atom stereocenters. The van der Waals surface area contributed by atoms with E-state index in [0.717, 1.165) is 25.9 Å². The molecule has 0 saturated carbocycles. The highest BCUT2D eigenvalue weighted by molar-refractivity contribution is 8.05. The second-order valence-electron chi connectivity index (χ2n) is 7.32. The second kappa shape index (κ2) is 8.99. The number of nitriles is 1. The summed E-state index contributed by atoms with van der Waals surface area (Å²) in [5, 5.41) is 9.99. The van der Waals surface area contributed by atoms with Gasteiger partial charge < -0.3 is 14.5 Å². The third kappa shape index (κ3) is 4.17. The Bertz CT molecular complexity index is 839. The number of rotatable bonds is 4. The minimum Gasteiger partial charge on any atom is -0.378 e. The fourth-order valence-electron chi connectivity index (χ4n) is 3.90. The van der Waals surface area contributed by atoms with Crippen LogP contribution < -0.4 is 4.90 Å². The highest BCUT2D eigenvalue weighted by Crippen LogP contribution is 2.41. The highest BCUT2D eigenvalue weighted by Gasteiger charge is 2.42. The number of ether oxygens (including phenoxy) is 1. The van der Waals surface area contributed by atoms with Crippen LogP contribution in [0.25, 0.3) is 0 Å². The van der Waals surface area contributed by atoms with Crippen molar-refractivity contribution in [3.8, 4) is 6.07 Å². The van der Waals surface area contributed by atoms with Crippen LogP contribution in [0, 0.1) is 11.3 Å². The highest BCUT2D eigenvalue weighted by atomic mass is 32.2. The molecule has 1 aromatic carbocycles. The lowest BCUT2D eigenvalue weighted by molar-refractivity contribution is -0.130. The molecule has 3 saturated heterocycles. The lowest BCUT2D eigenvalue weighted by Crippen LogP contribution is -2.42. The number of hydrogen-bond donors (Lipinski definition) is 0. The van der Waals surface area contributed by atoms with Crippen LogP contribution in [-0.4, -0.2) is 72.8 Å². The molecule has 1 unspecified atom stereocenters. The van der Waals surface area contributed by atoms with E-state index in [1.807, 2.05) is 30.3 Å². The predicted molar refractivity (Wildman–Crippen MR) is 111 cm³/mol. The van der Waals surface area contributed by atoms with Crippen molar-refractivity contribution in [1.82, 2.24) is 9.80 Å². The molecule has 4 rings (SSSR count). The van der Waals surface area contributed by atoms with E-state index in [-0.39, 0.29) is 22.6 Å². The number of carbonyl (C=O) groups is 2. The van der Waals surface area contributed by atoms with Gasteiger partial charge in [-0.2, -0.15) is 5.26 Å². The number of likely N-dealkylation sites (tertiary alicyclic amines) is 1. The van der Waals surface area contributed by atoms with Crippen LogP contribution >= 0.6 is 11.8 Å². The molecular formula is C21H24N4O3S. The number of nitrogens with zero attached hydrogens (tertiary/aromatic N) is 4. The van der Waals surface area contributed by atoms with Gasteiger partial charge in [-0.05, 0) is 38.1 Å². The summed E-state index contributed by atoms with van der Waals surface area (Å²) in [4.78, 5) is 31.9. The number of hydrogen-bond acceptors (Lipinski definition) is 6. The van der Waals surface area contributed by atoms with E-state index in [2.05, 4.69) is 11.0 Å². The fraction of sp³-hybridized carbons (Fsp3) is 0.476. The van der Waals surface area contributed by atoms with Crippen LogP contribution in [0.4, 0.5) is 5.69 Å². The molecule has 2 amide bonds. The van der Waals surface area contributed by atoms with Gasteiger partial charge in [-0.1, -0.05) is 30.0 Å². The number of benzene rings is 1. The summed E-state index contributed by atoms with van der Waals surface area (Å²) < 4.78 is 5.32. The summed E-state index contributed by atoms with van der Waals surface area (Å²) in [5.41, 5.74) is 0.726. The number of carbonyl (C=O) groups excluding carboxylic acids is 2. The predicted octanol–water partition coefficient (Wildman–Crippen LogP) is 1.82. The van der Waals surface area contributed by atoms with E-state index < -0.39 is 0 Å². The van der Waals surface area contributed by atoms with E-state index in [9.17, 15) is 14.9 Å². The molecule has 0 radical (unpaired) electrons. The maximum atomic E-state index is 13.3. The second-order valence-corrected chi connectivity index (χ2v) is 8.51. The summed E-state index contributed by atoms with van der Waals surface area (Å²) in [6.07, 6.45) is 2.30. The van der Waals surface area contributed by atoms with Crippen LogP contribution in [0.2, 0.25) is 0 Å². The van der Waals surface area contributed by atoms with Gasteiger partial charge in [-0.25, -0.2) is 0 Å². The van der Waals surface area contributed by atoms with Crippen LogP contribution in [0.3, 0.4) is 0 Å². The van der Waals surface area contributed by atoms with Gasteiger partial charge in [-0.15, -0.1) is 0 Å². The van der Waals surface area contributed by atoms with Crippen LogP contribution in [0.1, 0.15) is 12.8 Å².